The first-order valence-electron chi connectivity index (χ1n) is 6.65. The number of piperidine rings is 1. The third-order valence-electron chi connectivity index (χ3n) is 3.86. The average Bonchev–Trinajstić information content (AvgIpc) is 2.43. The van der Waals surface area contributed by atoms with Gasteiger partial charge in [-0.3, -0.25) is 0 Å². The predicted octanol–water partition coefficient (Wildman–Crippen LogP) is 1.26. The van der Waals surface area contributed by atoms with Crippen LogP contribution in [-0.2, 0) is 10.0 Å². The fourth-order valence-electron chi connectivity index (χ4n) is 2.54. The first-order valence-corrected chi connectivity index (χ1v) is 8.09. The van der Waals surface area contributed by atoms with Gasteiger partial charge < -0.3 is 10.6 Å². The molecule has 2 rings (SSSR count). The van der Waals surface area contributed by atoms with Crippen molar-refractivity contribution in [1.82, 2.24) is 9.21 Å². The quantitative estimate of drug-likeness (QED) is 0.852. The molecule has 5 nitrogen and oxygen atoms in total. The maximum Gasteiger partial charge on any atom is 0.246 e. The second-order valence-corrected chi connectivity index (χ2v) is 7.32. The number of hydrogen-bond donors (Lipinski definition) is 1. The predicted molar refractivity (Wildman–Crippen MR) is 76.2 cm³/mol. The zero-order valence-corrected chi connectivity index (χ0v) is 12.8. The minimum atomic E-state index is -4.05. The second kappa shape index (κ2) is 5.86. The molecule has 1 saturated heterocycles. The van der Waals surface area contributed by atoms with E-state index in [2.05, 4.69) is 0 Å². The van der Waals surface area contributed by atoms with E-state index in [4.69, 9.17) is 5.73 Å². The Morgan fingerprint density at radius 2 is 2.05 bits per heavy atom. The topological polar surface area (TPSA) is 66.6 Å². The molecule has 0 aliphatic carbocycles. The summed E-state index contributed by atoms with van der Waals surface area (Å²) in [5.41, 5.74) is 4.47. The smallest absolute Gasteiger partial charge is 0.246 e. The molecule has 0 saturated carbocycles. The number of halogens is 2. The lowest BCUT2D eigenvalue weighted by molar-refractivity contribution is 0.187. The summed E-state index contributed by atoms with van der Waals surface area (Å²) in [6.07, 6.45) is 1.58. The Morgan fingerprint density at radius 1 is 1.38 bits per heavy atom. The summed E-state index contributed by atoms with van der Waals surface area (Å²) >= 11 is 0. The van der Waals surface area contributed by atoms with Gasteiger partial charge in [-0.15, -0.1) is 0 Å². The number of likely N-dealkylation sites (N-methyl/N-ethyl adjacent to an activating group) is 2. The first-order chi connectivity index (χ1) is 9.75. The highest BCUT2D eigenvalue weighted by atomic mass is 32.2. The van der Waals surface area contributed by atoms with Gasteiger partial charge in [0.1, 0.15) is 16.4 Å². The Balaban J connectivity index is 2.35. The van der Waals surface area contributed by atoms with E-state index in [0.717, 1.165) is 29.4 Å². The number of sulfonamides is 1. The van der Waals surface area contributed by atoms with Crippen molar-refractivity contribution in [3.05, 3.63) is 23.8 Å². The van der Waals surface area contributed by atoms with Gasteiger partial charge in [-0.2, -0.15) is 4.31 Å². The third kappa shape index (κ3) is 3.02. The molecule has 1 atom stereocenters. The van der Waals surface area contributed by atoms with Gasteiger partial charge in [-0.1, -0.05) is 0 Å². The monoisotopic (exact) mass is 319 g/mol. The third-order valence-corrected chi connectivity index (χ3v) is 5.79. The minimum absolute atomic E-state index is 0.237. The molecule has 0 bridgehead atoms. The summed E-state index contributed by atoms with van der Waals surface area (Å²) in [7, 11) is -0.726. The van der Waals surface area contributed by atoms with Crippen molar-refractivity contribution in [2.45, 2.75) is 23.8 Å². The number of likely N-dealkylation sites (tertiary alicyclic amines) is 1. The highest BCUT2D eigenvalue weighted by Crippen LogP contribution is 2.27. The van der Waals surface area contributed by atoms with Gasteiger partial charge >= 0.3 is 0 Å². The van der Waals surface area contributed by atoms with E-state index in [9.17, 15) is 17.2 Å². The van der Waals surface area contributed by atoms with Crippen molar-refractivity contribution in [1.29, 1.82) is 0 Å². The van der Waals surface area contributed by atoms with Crippen LogP contribution in [0.5, 0.6) is 0 Å². The molecule has 0 spiro atoms. The Kier molecular flexibility index (Phi) is 4.50. The Labute approximate surface area is 123 Å². The van der Waals surface area contributed by atoms with Gasteiger partial charge in [-0.25, -0.2) is 17.2 Å². The summed E-state index contributed by atoms with van der Waals surface area (Å²) in [5, 5.41) is 0. The minimum Gasteiger partial charge on any atom is -0.394 e. The molecule has 1 aliphatic rings. The zero-order chi connectivity index (χ0) is 15.8. The van der Waals surface area contributed by atoms with Crippen LogP contribution in [0.1, 0.15) is 12.8 Å². The van der Waals surface area contributed by atoms with Crippen molar-refractivity contribution in [3.63, 3.8) is 0 Å². The lowest BCUT2D eigenvalue weighted by Crippen LogP contribution is -2.47. The van der Waals surface area contributed by atoms with Crippen LogP contribution in [0.2, 0.25) is 0 Å². The number of nitrogens with two attached hydrogens (primary N) is 1. The molecular formula is C13H19F2N3O2S. The second-order valence-electron chi connectivity index (χ2n) is 5.35. The van der Waals surface area contributed by atoms with E-state index in [-0.39, 0.29) is 6.04 Å². The first kappa shape index (κ1) is 16.1. The van der Waals surface area contributed by atoms with Crippen molar-refractivity contribution < 1.29 is 17.2 Å². The van der Waals surface area contributed by atoms with Crippen LogP contribution in [0, 0.1) is 11.6 Å². The average molecular weight is 319 g/mol. The summed E-state index contributed by atoms with van der Waals surface area (Å²) < 4.78 is 53.3. The molecular weight excluding hydrogens is 300 g/mol. The van der Waals surface area contributed by atoms with Crippen LogP contribution in [0.3, 0.4) is 0 Å². The van der Waals surface area contributed by atoms with Crippen LogP contribution in [0.4, 0.5) is 14.5 Å². The highest BCUT2D eigenvalue weighted by molar-refractivity contribution is 7.89. The summed E-state index contributed by atoms with van der Waals surface area (Å²) in [6, 6.07) is 1.55. The number of anilines is 1. The van der Waals surface area contributed by atoms with Gasteiger partial charge in [0.2, 0.25) is 10.0 Å². The lowest BCUT2D eigenvalue weighted by atomic mass is 10.1. The molecule has 1 heterocycles. The molecule has 1 aromatic rings. The Morgan fingerprint density at radius 3 is 2.67 bits per heavy atom. The number of nitrogens with zero attached hydrogens (tertiary/aromatic N) is 2. The van der Waals surface area contributed by atoms with Gasteiger partial charge in [0.05, 0.1) is 0 Å². The van der Waals surface area contributed by atoms with Crippen molar-refractivity contribution in [3.8, 4) is 0 Å². The number of benzene rings is 1. The molecule has 1 unspecified atom stereocenters. The van der Waals surface area contributed by atoms with Crippen molar-refractivity contribution in [2.24, 2.45) is 0 Å². The van der Waals surface area contributed by atoms with E-state index in [1.54, 1.807) is 0 Å². The van der Waals surface area contributed by atoms with E-state index >= 15 is 0 Å². The molecule has 1 fully saturated rings. The molecule has 21 heavy (non-hydrogen) atoms. The van der Waals surface area contributed by atoms with Gasteiger partial charge in [0, 0.05) is 19.6 Å². The van der Waals surface area contributed by atoms with Crippen molar-refractivity contribution in [2.75, 3.05) is 32.9 Å². The standard InChI is InChI=1S/C13H19F2N3O2S/c1-17-7-3-4-9(8-17)18(2)21(19,20)11-6-5-10(14)13(16)12(11)15/h5-6,9H,3-4,7-8,16H2,1-2H3. The van der Waals surface area contributed by atoms with Crippen LogP contribution < -0.4 is 5.73 Å². The summed E-state index contributed by atoms with van der Waals surface area (Å²) in [6.45, 7) is 1.48. The maximum atomic E-state index is 14.0. The van der Waals surface area contributed by atoms with Crippen molar-refractivity contribution >= 4 is 15.7 Å². The van der Waals surface area contributed by atoms with Crippen LogP contribution >= 0.6 is 0 Å². The van der Waals surface area contributed by atoms with Crippen LogP contribution in [0.15, 0.2) is 17.0 Å². The van der Waals surface area contributed by atoms with Gasteiger partial charge in [0.25, 0.3) is 0 Å². The fourth-order valence-corrected chi connectivity index (χ4v) is 3.99. The molecule has 1 aliphatic heterocycles. The Bertz CT molecular complexity index is 637. The molecule has 1 aromatic carbocycles. The highest BCUT2D eigenvalue weighted by Gasteiger charge is 2.33. The zero-order valence-electron chi connectivity index (χ0n) is 12.0. The normalized spacial score (nSPS) is 20.9. The molecule has 2 N–H and O–H groups in total. The van der Waals surface area contributed by atoms with Crippen LogP contribution in [-0.4, -0.2) is 50.8 Å². The number of hydrogen-bond acceptors (Lipinski definition) is 4. The number of nitrogen functional groups attached to an aromatic ring is 1. The number of rotatable bonds is 3. The largest absolute Gasteiger partial charge is 0.394 e. The molecule has 0 aromatic heterocycles. The fraction of sp³-hybridized carbons (Fsp3) is 0.538. The maximum absolute atomic E-state index is 14.0. The van der Waals surface area contributed by atoms with Gasteiger partial charge in [0.15, 0.2) is 5.82 Å². The molecule has 0 radical (unpaired) electrons. The van der Waals surface area contributed by atoms with E-state index in [0.29, 0.717) is 13.0 Å². The lowest BCUT2D eigenvalue weighted by Gasteiger charge is -2.35. The van der Waals surface area contributed by atoms with E-state index in [1.165, 1.54) is 7.05 Å². The molecule has 118 valence electrons. The Hall–Kier alpha value is -1.25. The molecule has 8 heteroatoms. The van der Waals surface area contributed by atoms with Gasteiger partial charge in [-0.05, 0) is 38.6 Å². The van der Waals surface area contributed by atoms with E-state index < -0.39 is 32.2 Å². The summed E-state index contributed by atoms with van der Waals surface area (Å²) in [5.74, 6) is -2.20. The molecule has 0 amide bonds. The SMILES string of the molecule is CN1CCCC(N(C)S(=O)(=O)c2ccc(F)c(N)c2F)C1. The van der Waals surface area contributed by atoms with E-state index in [1.807, 2.05) is 11.9 Å². The summed E-state index contributed by atoms with van der Waals surface area (Å²) in [4.78, 5) is 1.44. The van der Waals surface area contributed by atoms with Crippen LogP contribution in [0.25, 0.3) is 0 Å².